The molecule has 0 aromatic heterocycles. The maximum atomic E-state index is 8.03. The van der Waals surface area contributed by atoms with Crippen molar-refractivity contribution in [3.8, 4) is 5.75 Å². The van der Waals surface area contributed by atoms with E-state index in [0.29, 0.717) is 5.84 Å². The molecule has 0 aliphatic carbocycles. The van der Waals surface area contributed by atoms with Crippen LogP contribution in [-0.2, 0) is 0 Å². The smallest absolute Gasteiger partial charge is 0.128 e. The summed E-state index contributed by atoms with van der Waals surface area (Å²) in [6.45, 7) is 5.81. The van der Waals surface area contributed by atoms with Gasteiger partial charge in [-0.15, -0.1) is 0 Å². The van der Waals surface area contributed by atoms with Crippen molar-refractivity contribution in [2.24, 2.45) is 0 Å². The summed E-state index contributed by atoms with van der Waals surface area (Å²) in [7, 11) is 1.64. The van der Waals surface area contributed by atoms with Crippen molar-refractivity contribution in [1.82, 2.24) is 4.90 Å². The summed E-state index contributed by atoms with van der Waals surface area (Å²) < 4.78 is 5.14. The van der Waals surface area contributed by atoms with Crippen molar-refractivity contribution in [2.45, 2.75) is 13.8 Å². The van der Waals surface area contributed by atoms with Gasteiger partial charge < -0.3 is 9.64 Å². The topological polar surface area (TPSA) is 36.3 Å². The van der Waals surface area contributed by atoms with Gasteiger partial charge in [-0.3, -0.25) is 5.41 Å². The fraction of sp³-hybridized carbons (Fsp3) is 0.417. The Morgan fingerprint density at radius 3 is 2.53 bits per heavy atom. The van der Waals surface area contributed by atoms with Gasteiger partial charge >= 0.3 is 0 Å². The third kappa shape index (κ3) is 2.72. The minimum absolute atomic E-state index is 0.555. The maximum Gasteiger partial charge on any atom is 0.128 e. The molecule has 15 heavy (non-hydrogen) atoms. The number of hydrogen-bond donors (Lipinski definition) is 1. The largest absolute Gasteiger partial charge is 0.497 e. The van der Waals surface area contributed by atoms with Crippen LogP contribution in [0.3, 0.4) is 0 Å². The molecule has 0 amide bonds. The molecular formula is C12H18N2O. The Bertz CT molecular complexity index is 332. The van der Waals surface area contributed by atoms with Crippen molar-refractivity contribution in [2.75, 3.05) is 20.2 Å². The second-order valence-electron chi connectivity index (χ2n) is 3.25. The molecule has 1 rings (SSSR count). The summed E-state index contributed by atoms with van der Waals surface area (Å²) >= 11 is 0. The second-order valence-corrected chi connectivity index (χ2v) is 3.25. The second kappa shape index (κ2) is 5.39. The van der Waals surface area contributed by atoms with Crippen LogP contribution in [0.4, 0.5) is 0 Å². The van der Waals surface area contributed by atoms with Crippen molar-refractivity contribution in [3.63, 3.8) is 0 Å². The van der Waals surface area contributed by atoms with Crippen LogP contribution < -0.4 is 4.74 Å². The molecule has 0 spiro atoms. The first-order valence-corrected chi connectivity index (χ1v) is 5.20. The predicted molar refractivity (Wildman–Crippen MR) is 62.7 cm³/mol. The molecule has 3 heteroatoms. The summed E-state index contributed by atoms with van der Waals surface area (Å²) in [4.78, 5) is 2.01. The molecule has 0 saturated carbocycles. The zero-order valence-electron chi connectivity index (χ0n) is 9.58. The molecule has 0 heterocycles. The highest BCUT2D eigenvalue weighted by molar-refractivity contribution is 5.96. The molecule has 82 valence electrons. The van der Waals surface area contributed by atoms with Crippen molar-refractivity contribution < 1.29 is 4.74 Å². The van der Waals surface area contributed by atoms with Gasteiger partial charge in [0.25, 0.3) is 0 Å². The van der Waals surface area contributed by atoms with E-state index < -0.39 is 0 Å². The van der Waals surface area contributed by atoms with Crippen LogP contribution in [0.15, 0.2) is 24.3 Å². The molecule has 1 aromatic carbocycles. The van der Waals surface area contributed by atoms with Crippen molar-refractivity contribution in [1.29, 1.82) is 5.41 Å². The quantitative estimate of drug-likeness (QED) is 0.606. The average Bonchev–Trinajstić information content (AvgIpc) is 2.30. The van der Waals surface area contributed by atoms with E-state index in [1.54, 1.807) is 7.11 Å². The molecule has 0 aliphatic rings. The van der Waals surface area contributed by atoms with Crippen LogP contribution in [0, 0.1) is 5.41 Å². The number of hydrogen-bond acceptors (Lipinski definition) is 2. The van der Waals surface area contributed by atoms with Crippen LogP contribution in [0.2, 0.25) is 0 Å². The molecule has 0 atom stereocenters. The highest BCUT2D eigenvalue weighted by Gasteiger charge is 2.08. The van der Waals surface area contributed by atoms with Crippen LogP contribution in [-0.4, -0.2) is 30.9 Å². The minimum Gasteiger partial charge on any atom is -0.497 e. The number of ether oxygens (including phenoxy) is 1. The van der Waals surface area contributed by atoms with Gasteiger partial charge in [0, 0.05) is 18.7 Å². The van der Waals surface area contributed by atoms with E-state index in [1.807, 2.05) is 29.2 Å². The number of nitrogens with one attached hydrogen (secondary N) is 1. The summed E-state index contributed by atoms with van der Waals surface area (Å²) in [5, 5.41) is 8.03. The molecule has 0 aliphatic heterocycles. The third-order valence-corrected chi connectivity index (χ3v) is 2.42. The Labute approximate surface area is 91.2 Å². The maximum absolute atomic E-state index is 8.03. The van der Waals surface area contributed by atoms with Gasteiger partial charge in [-0.05, 0) is 26.0 Å². The van der Waals surface area contributed by atoms with Crippen molar-refractivity contribution in [3.05, 3.63) is 29.8 Å². The first-order chi connectivity index (χ1) is 7.22. The lowest BCUT2D eigenvalue weighted by Gasteiger charge is -2.21. The lowest BCUT2D eigenvalue weighted by Crippen LogP contribution is -2.30. The zero-order chi connectivity index (χ0) is 11.3. The number of rotatable bonds is 4. The van der Waals surface area contributed by atoms with Gasteiger partial charge in [-0.25, -0.2) is 0 Å². The van der Waals surface area contributed by atoms with E-state index in [9.17, 15) is 0 Å². The Morgan fingerprint density at radius 2 is 2.00 bits per heavy atom. The molecule has 1 N–H and O–H groups in total. The molecule has 0 unspecified atom stereocenters. The normalized spacial score (nSPS) is 9.80. The third-order valence-electron chi connectivity index (χ3n) is 2.42. The molecule has 0 bridgehead atoms. The van der Waals surface area contributed by atoms with Crippen LogP contribution in [0.5, 0.6) is 5.75 Å². The van der Waals surface area contributed by atoms with E-state index in [0.717, 1.165) is 24.4 Å². The molecule has 0 saturated heterocycles. The minimum atomic E-state index is 0.555. The van der Waals surface area contributed by atoms with E-state index in [4.69, 9.17) is 10.1 Å². The molecular weight excluding hydrogens is 188 g/mol. The summed E-state index contributed by atoms with van der Waals surface area (Å²) in [6.07, 6.45) is 0. The first kappa shape index (κ1) is 11.6. The Morgan fingerprint density at radius 1 is 1.33 bits per heavy atom. The number of nitrogens with zero attached hydrogens (tertiary/aromatic N) is 1. The Balaban J connectivity index is 2.90. The first-order valence-electron chi connectivity index (χ1n) is 5.20. The number of amidine groups is 1. The predicted octanol–water partition coefficient (Wildman–Crippen LogP) is 2.36. The highest BCUT2D eigenvalue weighted by Crippen LogP contribution is 2.14. The summed E-state index contributed by atoms with van der Waals surface area (Å²) in [5.41, 5.74) is 0.901. The molecule has 1 aromatic rings. The lowest BCUT2D eigenvalue weighted by atomic mass is 10.2. The molecule has 0 fully saturated rings. The van der Waals surface area contributed by atoms with Crippen LogP contribution in [0.1, 0.15) is 19.4 Å². The SMILES string of the molecule is CCN(CC)C(=N)c1cccc(OC)c1. The van der Waals surface area contributed by atoms with E-state index >= 15 is 0 Å². The Kier molecular flexibility index (Phi) is 4.16. The highest BCUT2D eigenvalue weighted by atomic mass is 16.5. The zero-order valence-corrected chi connectivity index (χ0v) is 9.58. The van der Waals surface area contributed by atoms with Gasteiger partial charge in [-0.1, -0.05) is 12.1 Å². The number of benzene rings is 1. The average molecular weight is 206 g/mol. The van der Waals surface area contributed by atoms with Crippen LogP contribution >= 0.6 is 0 Å². The van der Waals surface area contributed by atoms with Crippen LogP contribution in [0.25, 0.3) is 0 Å². The summed E-state index contributed by atoms with van der Waals surface area (Å²) in [6, 6.07) is 7.62. The summed E-state index contributed by atoms with van der Waals surface area (Å²) in [5.74, 6) is 1.35. The lowest BCUT2D eigenvalue weighted by molar-refractivity contribution is 0.414. The van der Waals surface area contributed by atoms with Gasteiger partial charge in [0.2, 0.25) is 0 Å². The van der Waals surface area contributed by atoms with Crippen molar-refractivity contribution >= 4 is 5.84 Å². The van der Waals surface area contributed by atoms with E-state index in [1.165, 1.54) is 0 Å². The van der Waals surface area contributed by atoms with Gasteiger partial charge in [0.15, 0.2) is 0 Å². The van der Waals surface area contributed by atoms with Gasteiger partial charge in [0.1, 0.15) is 11.6 Å². The van der Waals surface area contributed by atoms with E-state index in [-0.39, 0.29) is 0 Å². The van der Waals surface area contributed by atoms with Gasteiger partial charge in [0.05, 0.1) is 7.11 Å². The van der Waals surface area contributed by atoms with Gasteiger partial charge in [-0.2, -0.15) is 0 Å². The fourth-order valence-electron chi connectivity index (χ4n) is 1.49. The number of methoxy groups -OCH3 is 1. The van der Waals surface area contributed by atoms with E-state index in [2.05, 4.69) is 13.8 Å². The molecule has 0 radical (unpaired) electrons. The monoisotopic (exact) mass is 206 g/mol. The molecule has 3 nitrogen and oxygen atoms in total. The standard InChI is InChI=1S/C12H18N2O/c1-4-14(5-2)12(13)10-7-6-8-11(9-10)15-3/h6-9,13H,4-5H2,1-3H3. The Hall–Kier alpha value is -1.51. The fourth-order valence-corrected chi connectivity index (χ4v) is 1.49.